The molecule has 0 unspecified atom stereocenters. The van der Waals surface area contributed by atoms with Gasteiger partial charge in [0.2, 0.25) is 15.9 Å². The number of rotatable bonds is 2. The molecule has 2 heterocycles. The van der Waals surface area contributed by atoms with Crippen molar-refractivity contribution in [2.24, 2.45) is 0 Å². The summed E-state index contributed by atoms with van der Waals surface area (Å²) in [6.07, 6.45) is 2.01. The Hall–Kier alpha value is -1.41. The molecule has 3 rings (SSSR count). The second-order valence-corrected chi connectivity index (χ2v) is 7.90. The van der Waals surface area contributed by atoms with Gasteiger partial charge in [-0.15, -0.1) is 0 Å². The van der Waals surface area contributed by atoms with E-state index in [1.54, 1.807) is 12.1 Å². The highest BCUT2D eigenvalue weighted by atomic mass is 35.5. The van der Waals surface area contributed by atoms with E-state index in [1.807, 2.05) is 6.92 Å². The summed E-state index contributed by atoms with van der Waals surface area (Å²) < 4.78 is 27.8. The van der Waals surface area contributed by atoms with Crippen LogP contribution in [-0.4, -0.2) is 48.5 Å². The first-order chi connectivity index (χ1) is 10.9. The number of hydrogen-bond acceptors (Lipinski definition) is 5. The number of benzene rings is 1. The molecule has 8 heteroatoms. The smallest absolute Gasteiger partial charge is 0.244 e. The summed E-state index contributed by atoms with van der Waals surface area (Å²) in [5, 5.41) is 14.0. The molecule has 124 valence electrons. The van der Waals surface area contributed by atoms with Gasteiger partial charge >= 0.3 is 0 Å². The van der Waals surface area contributed by atoms with Crippen LogP contribution in [0, 0.1) is 0 Å². The lowest BCUT2D eigenvalue weighted by atomic mass is 10.2. The van der Waals surface area contributed by atoms with Crippen LogP contribution in [0.4, 0.5) is 0 Å². The van der Waals surface area contributed by atoms with Crippen LogP contribution in [0.2, 0.25) is 5.02 Å². The maximum atomic E-state index is 13.2. The maximum Gasteiger partial charge on any atom is 0.244 e. The molecule has 2 N–H and O–H groups in total. The van der Waals surface area contributed by atoms with E-state index in [0.29, 0.717) is 23.9 Å². The maximum absolute atomic E-state index is 13.2. The fourth-order valence-corrected chi connectivity index (χ4v) is 5.11. The normalized spacial score (nSPS) is 20.5. The van der Waals surface area contributed by atoms with Crippen LogP contribution >= 0.6 is 11.6 Å². The van der Waals surface area contributed by atoms with Crippen molar-refractivity contribution in [1.82, 2.24) is 14.6 Å². The summed E-state index contributed by atoms with van der Waals surface area (Å²) in [4.78, 5) is 3.88. The van der Waals surface area contributed by atoms with Crippen LogP contribution < -0.4 is 5.32 Å². The quantitative estimate of drug-likeness (QED) is 0.860. The number of hydrogen-bond donors (Lipinski definition) is 2. The Labute approximate surface area is 140 Å². The van der Waals surface area contributed by atoms with Gasteiger partial charge in [0.25, 0.3) is 0 Å². The number of fused-ring (bicyclic) bond motifs is 1. The lowest BCUT2D eigenvalue weighted by Crippen LogP contribution is -2.41. The van der Waals surface area contributed by atoms with E-state index in [4.69, 9.17) is 11.6 Å². The molecule has 0 spiro atoms. The van der Waals surface area contributed by atoms with Gasteiger partial charge in [-0.2, -0.15) is 4.31 Å². The molecule has 0 bridgehead atoms. The number of halogens is 1. The molecule has 1 aromatic carbocycles. The Morgan fingerprint density at radius 3 is 3.00 bits per heavy atom. The van der Waals surface area contributed by atoms with Crippen LogP contribution in [0.1, 0.15) is 13.3 Å². The van der Waals surface area contributed by atoms with Gasteiger partial charge in [-0.25, -0.2) is 13.4 Å². The zero-order valence-electron chi connectivity index (χ0n) is 12.7. The van der Waals surface area contributed by atoms with Crippen molar-refractivity contribution in [2.45, 2.75) is 24.3 Å². The first-order valence-electron chi connectivity index (χ1n) is 7.41. The average Bonchev–Trinajstić information content (AvgIpc) is 2.75. The Morgan fingerprint density at radius 2 is 2.22 bits per heavy atom. The van der Waals surface area contributed by atoms with Crippen molar-refractivity contribution in [3.63, 3.8) is 0 Å². The molecule has 0 amide bonds. The molecule has 1 fully saturated rings. The monoisotopic (exact) mass is 355 g/mol. The minimum Gasteiger partial charge on any atom is -0.493 e. The number of aromatic hydroxyl groups is 1. The molecule has 0 saturated carbocycles. The first-order valence-corrected chi connectivity index (χ1v) is 9.23. The predicted molar refractivity (Wildman–Crippen MR) is 89.3 cm³/mol. The Morgan fingerprint density at radius 1 is 1.43 bits per heavy atom. The Bertz CT molecular complexity index is 841. The highest BCUT2D eigenvalue weighted by molar-refractivity contribution is 7.89. The van der Waals surface area contributed by atoms with E-state index in [1.165, 1.54) is 16.6 Å². The van der Waals surface area contributed by atoms with E-state index in [2.05, 4.69) is 10.3 Å². The standard InChI is InChI=1S/C15H18ClN3O3S/c1-10-8-17-6-3-7-19(10)23(21,22)13-5-2-4-11-14(13)12(16)9-18-15(11)20/h2,4-5,9-10,17H,3,6-8H2,1H3,(H,18,20)/t10-/m1/s1. The fraction of sp³-hybridized carbons (Fsp3) is 0.400. The second-order valence-electron chi connectivity index (χ2n) is 5.63. The lowest BCUT2D eigenvalue weighted by molar-refractivity contribution is 0.354. The molecule has 1 aliphatic heterocycles. The molecular weight excluding hydrogens is 338 g/mol. The van der Waals surface area contributed by atoms with E-state index < -0.39 is 10.0 Å². The fourth-order valence-electron chi connectivity index (χ4n) is 2.91. The SMILES string of the molecule is C[C@@H]1CNCCCN1S(=O)(=O)c1cccc2c(O)ncc(Cl)c12. The van der Waals surface area contributed by atoms with Gasteiger partial charge in [-0.05, 0) is 32.0 Å². The van der Waals surface area contributed by atoms with Gasteiger partial charge in [0.05, 0.1) is 16.1 Å². The van der Waals surface area contributed by atoms with Gasteiger partial charge in [0, 0.05) is 29.9 Å². The van der Waals surface area contributed by atoms with Gasteiger partial charge in [-0.1, -0.05) is 17.7 Å². The van der Waals surface area contributed by atoms with Crippen molar-refractivity contribution in [1.29, 1.82) is 0 Å². The molecule has 1 saturated heterocycles. The summed E-state index contributed by atoms with van der Waals surface area (Å²) in [6.45, 7) is 3.71. The summed E-state index contributed by atoms with van der Waals surface area (Å²) in [5.74, 6) is -0.230. The van der Waals surface area contributed by atoms with Crippen LogP contribution in [-0.2, 0) is 10.0 Å². The summed E-state index contributed by atoms with van der Waals surface area (Å²) in [5.41, 5.74) is 0. The van der Waals surface area contributed by atoms with Gasteiger partial charge in [-0.3, -0.25) is 0 Å². The molecule has 0 radical (unpaired) electrons. The zero-order chi connectivity index (χ0) is 16.6. The number of nitrogens with one attached hydrogen (secondary N) is 1. The number of aromatic nitrogens is 1. The molecular formula is C15H18ClN3O3S. The largest absolute Gasteiger partial charge is 0.493 e. The molecule has 0 aliphatic carbocycles. The third-order valence-corrected chi connectivity index (χ3v) is 6.40. The van der Waals surface area contributed by atoms with E-state index in [0.717, 1.165) is 13.0 Å². The number of nitrogens with zero attached hydrogens (tertiary/aromatic N) is 2. The van der Waals surface area contributed by atoms with Crippen molar-refractivity contribution in [3.8, 4) is 5.88 Å². The van der Waals surface area contributed by atoms with Crippen LogP contribution in [0.3, 0.4) is 0 Å². The number of pyridine rings is 1. The molecule has 1 aliphatic rings. The van der Waals surface area contributed by atoms with Gasteiger partial charge in [0.1, 0.15) is 0 Å². The molecule has 6 nitrogen and oxygen atoms in total. The zero-order valence-corrected chi connectivity index (χ0v) is 14.2. The van der Waals surface area contributed by atoms with E-state index >= 15 is 0 Å². The minimum atomic E-state index is -3.73. The van der Waals surface area contributed by atoms with Gasteiger partial charge < -0.3 is 10.4 Å². The third kappa shape index (κ3) is 2.89. The Kier molecular flexibility index (Phi) is 4.46. The second kappa shape index (κ2) is 6.24. The van der Waals surface area contributed by atoms with Crippen molar-refractivity contribution >= 4 is 32.4 Å². The molecule has 1 aromatic heterocycles. The van der Waals surface area contributed by atoms with Crippen LogP contribution in [0.25, 0.3) is 10.8 Å². The molecule has 1 atom stereocenters. The summed E-state index contributed by atoms with van der Waals surface area (Å²) >= 11 is 6.18. The Balaban J connectivity index is 2.21. The topological polar surface area (TPSA) is 82.5 Å². The van der Waals surface area contributed by atoms with Crippen LogP contribution in [0.5, 0.6) is 5.88 Å². The van der Waals surface area contributed by atoms with E-state index in [9.17, 15) is 13.5 Å². The lowest BCUT2D eigenvalue weighted by Gasteiger charge is -2.26. The summed E-state index contributed by atoms with van der Waals surface area (Å²) in [6, 6.07) is 4.56. The van der Waals surface area contributed by atoms with Gasteiger partial charge in [0.15, 0.2) is 0 Å². The number of sulfonamides is 1. The summed E-state index contributed by atoms with van der Waals surface area (Å²) in [7, 11) is -3.73. The van der Waals surface area contributed by atoms with Crippen LogP contribution in [0.15, 0.2) is 29.3 Å². The molecule has 23 heavy (non-hydrogen) atoms. The van der Waals surface area contributed by atoms with Crippen molar-refractivity contribution < 1.29 is 13.5 Å². The predicted octanol–water partition coefficient (Wildman–Crippen LogP) is 1.97. The van der Waals surface area contributed by atoms with E-state index in [-0.39, 0.29) is 21.8 Å². The minimum absolute atomic E-state index is 0.103. The highest BCUT2D eigenvalue weighted by Gasteiger charge is 2.32. The highest BCUT2D eigenvalue weighted by Crippen LogP contribution is 2.35. The van der Waals surface area contributed by atoms with Crippen molar-refractivity contribution in [2.75, 3.05) is 19.6 Å². The average molecular weight is 356 g/mol. The van der Waals surface area contributed by atoms with Crippen molar-refractivity contribution in [3.05, 3.63) is 29.4 Å². The third-order valence-electron chi connectivity index (χ3n) is 4.06. The molecule has 2 aromatic rings. The first kappa shape index (κ1) is 16.4.